The van der Waals surface area contributed by atoms with Crippen molar-refractivity contribution in [1.82, 2.24) is 5.43 Å². The largest absolute Gasteiger partial charge is 0.377 e. The Morgan fingerprint density at radius 1 is 1.56 bits per heavy atom. The van der Waals surface area contributed by atoms with Gasteiger partial charge >= 0.3 is 0 Å². The van der Waals surface area contributed by atoms with Gasteiger partial charge in [0.15, 0.2) is 0 Å². The van der Waals surface area contributed by atoms with E-state index in [4.69, 9.17) is 22.2 Å². The molecule has 102 valence electrons. The standard InChI is InChI=1S/C13H20ClFN2O/c1-4-13(2,18-3)12(17-16)8-9-5-6-10(14)11(15)7-9/h5-7,12,17H,4,8,16H2,1-3H3. The van der Waals surface area contributed by atoms with Gasteiger partial charge in [-0.3, -0.25) is 11.3 Å². The second kappa shape index (κ2) is 6.48. The lowest BCUT2D eigenvalue weighted by atomic mass is 9.89. The molecule has 1 aromatic rings. The Kier molecular flexibility index (Phi) is 5.53. The molecule has 0 amide bonds. The van der Waals surface area contributed by atoms with Crippen LogP contribution < -0.4 is 11.3 Å². The molecule has 5 heteroatoms. The van der Waals surface area contributed by atoms with Crippen molar-refractivity contribution in [3.05, 3.63) is 34.6 Å². The molecule has 3 N–H and O–H groups in total. The van der Waals surface area contributed by atoms with Crippen molar-refractivity contribution in [3.63, 3.8) is 0 Å². The van der Waals surface area contributed by atoms with Crippen LogP contribution in [-0.2, 0) is 11.2 Å². The number of hydrogen-bond acceptors (Lipinski definition) is 3. The molecule has 18 heavy (non-hydrogen) atoms. The highest BCUT2D eigenvalue weighted by Crippen LogP contribution is 2.23. The smallest absolute Gasteiger partial charge is 0.142 e. The Balaban J connectivity index is 2.88. The summed E-state index contributed by atoms with van der Waals surface area (Å²) in [6.07, 6.45) is 1.37. The van der Waals surface area contributed by atoms with Crippen LogP contribution in [0.3, 0.4) is 0 Å². The van der Waals surface area contributed by atoms with Gasteiger partial charge in [-0.25, -0.2) is 4.39 Å². The Hall–Kier alpha value is -0.680. The Morgan fingerprint density at radius 2 is 2.22 bits per heavy atom. The van der Waals surface area contributed by atoms with Gasteiger partial charge in [0.05, 0.1) is 16.7 Å². The summed E-state index contributed by atoms with van der Waals surface area (Å²) in [5.41, 5.74) is 3.18. The minimum atomic E-state index is -0.416. The van der Waals surface area contributed by atoms with Gasteiger partial charge in [0.1, 0.15) is 5.82 Å². The number of ether oxygens (including phenoxy) is 1. The lowest BCUT2D eigenvalue weighted by molar-refractivity contribution is -0.0288. The van der Waals surface area contributed by atoms with E-state index in [9.17, 15) is 4.39 Å². The van der Waals surface area contributed by atoms with Crippen LogP contribution in [0.1, 0.15) is 25.8 Å². The summed E-state index contributed by atoms with van der Waals surface area (Å²) in [7, 11) is 1.65. The average Bonchev–Trinajstić information content (AvgIpc) is 2.39. The molecule has 1 rings (SSSR count). The summed E-state index contributed by atoms with van der Waals surface area (Å²) in [4.78, 5) is 0. The first-order chi connectivity index (χ1) is 8.46. The molecular weight excluding hydrogens is 255 g/mol. The number of halogens is 2. The summed E-state index contributed by atoms with van der Waals surface area (Å²) >= 11 is 5.66. The molecule has 0 aromatic heterocycles. The quantitative estimate of drug-likeness (QED) is 0.619. The number of nitrogens with one attached hydrogen (secondary N) is 1. The minimum Gasteiger partial charge on any atom is -0.377 e. The van der Waals surface area contributed by atoms with Crippen LogP contribution in [-0.4, -0.2) is 18.8 Å². The zero-order valence-corrected chi connectivity index (χ0v) is 11.7. The number of hydrazine groups is 1. The van der Waals surface area contributed by atoms with Crippen LogP contribution in [0.4, 0.5) is 4.39 Å². The highest BCUT2D eigenvalue weighted by molar-refractivity contribution is 6.30. The van der Waals surface area contributed by atoms with Gasteiger partial charge in [-0.1, -0.05) is 24.6 Å². The second-order valence-electron chi connectivity index (χ2n) is 4.54. The highest BCUT2D eigenvalue weighted by atomic mass is 35.5. The molecule has 0 radical (unpaired) electrons. The summed E-state index contributed by atoms with van der Waals surface area (Å²) in [6, 6.07) is 4.67. The molecule has 0 bridgehead atoms. The Labute approximate surface area is 112 Å². The van der Waals surface area contributed by atoms with Gasteiger partial charge in [-0.2, -0.15) is 0 Å². The van der Waals surface area contributed by atoms with Crippen LogP contribution >= 0.6 is 11.6 Å². The molecule has 0 aliphatic rings. The van der Waals surface area contributed by atoms with E-state index in [0.29, 0.717) is 6.42 Å². The predicted molar refractivity (Wildman–Crippen MR) is 71.9 cm³/mol. The van der Waals surface area contributed by atoms with Gasteiger partial charge in [0.25, 0.3) is 0 Å². The zero-order valence-electron chi connectivity index (χ0n) is 11.0. The molecule has 0 saturated carbocycles. The number of rotatable bonds is 6. The van der Waals surface area contributed by atoms with E-state index < -0.39 is 11.4 Å². The molecule has 0 heterocycles. The van der Waals surface area contributed by atoms with Gasteiger partial charge in [-0.05, 0) is 37.5 Å². The Bertz CT molecular complexity index is 397. The first kappa shape index (κ1) is 15.4. The molecule has 0 spiro atoms. The third-order valence-electron chi connectivity index (χ3n) is 3.53. The predicted octanol–water partition coefficient (Wildman–Crippen LogP) is 2.67. The third-order valence-corrected chi connectivity index (χ3v) is 3.84. The van der Waals surface area contributed by atoms with E-state index in [-0.39, 0.29) is 11.1 Å². The van der Waals surface area contributed by atoms with Crippen LogP contribution in [0.2, 0.25) is 5.02 Å². The molecule has 0 aliphatic heterocycles. The van der Waals surface area contributed by atoms with Crippen molar-refractivity contribution in [2.45, 2.75) is 38.3 Å². The van der Waals surface area contributed by atoms with E-state index in [2.05, 4.69) is 5.43 Å². The van der Waals surface area contributed by atoms with E-state index in [1.165, 1.54) is 6.07 Å². The number of benzene rings is 1. The minimum absolute atomic E-state index is 0.104. The van der Waals surface area contributed by atoms with E-state index >= 15 is 0 Å². The van der Waals surface area contributed by atoms with Crippen molar-refractivity contribution >= 4 is 11.6 Å². The summed E-state index contributed by atoms with van der Waals surface area (Å²) in [5, 5.41) is 0.126. The molecular formula is C13H20ClFN2O. The van der Waals surface area contributed by atoms with Crippen LogP contribution in [0.15, 0.2) is 18.2 Å². The van der Waals surface area contributed by atoms with Crippen LogP contribution in [0.25, 0.3) is 0 Å². The average molecular weight is 275 g/mol. The fourth-order valence-corrected chi connectivity index (χ4v) is 2.00. The maximum atomic E-state index is 13.4. The third kappa shape index (κ3) is 3.42. The molecule has 0 fully saturated rings. The fourth-order valence-electron chi connectivity index (χ4n) is 1.89. The monoisotopic (exact) mass is 274 g/mol. The van der Waals surface area contributed by atoms with Crippen molar-refractivity contribution in [2.75, 3.05) is 7.11 Å². The molecule has 3 nitrogen and oxygen atoms in total. The van der Waals surface area contributed by atoms with Crippen molar-refractivity contribution < 1.29 is 9.13 Å². The maximum absolute atomic E-state index is 13.4. The molecule has 1 aromatic carbocycles. The first-order valence-corrected chi connectivity index (χ1v) is 6.29. The van der Waals surface area contributed by atoms with Crippen molar-refractivity contribution in [2.24, 2.45) is 5.84 Å². The van der Waals surface area contributed by atoms with Gasteiger partial charge in [0, 0.05) is 7.11 Å². The van der Waals surface area contributed by atoms with Crippen molar-refractivity contribution in [3.8, 4) is 0 Å². The van der Waals surface area contributed by atoms with Gasteiger partial charge in [-0.15, -0.1) is 0 Å². The van der Waals surface area contributed by atoms with E-state index in [1.807, 2.05) is 13.8 Å². The summed E-state index contributed by atoms with van der Waals surface area (Å²) in [6.45, 7) is 4.00. The fraction of sp³-hybridized carbons (Fsp3) is 0.538. The van der Waals surface area contributed by atoms with E-state index in [1.54, 1.807) is 19.2 Å². The lowest BCUT2D eigenvalue weighted by Crippen LogP contribution is -2.53. The van der Waals surface area contributed by atoms with Crippen molar-refractivity contribution in [1.29, 1.82) is 0 Å². The van der Waals surface area contributed by atoms with Crippen LogP contribution in [0, 0.1) is 5.82 Å². The molecule has 2 atom stereocenters. The number of nitrogens with two attached hydrogens (primary N) is 1. The highest BCUT2D eigenvalue weighted by Gasteiger charge is 2.31. The van der Waals surface area contributed by atoms with Crippen LogP contribution in [0.5, 0.6) is 0 Å². The van der Waals surface area contributed by atoms with Gasteiger partial charge in [0.2, 0.25) is 0 Å². The topological polar surface area (TPSA) is 47.3 Å². The summed E-state index contributed by atoms with van der Waals surface area (Å²) < 4.78 is 18.9. The number of methoxy groups -OCH3 is 1. The molecule has 0 aliphatic carbocycles. The lowest BCUT2D eigenvalue weighted by Gasteiger charge is -2.35. The zero-order chi connectivity index (χ0) is 13.8. The first-order valence-electron chi connectivity index (χ1n) is 5.92. The normalized spacial score (nSPS) is 16.3. The maximum Gasteiger partial charge on any atom is 0.142 e. The SMILES string of the molecule is CCC(C)(OC)C(Cc1ccc(Cl)c(F)c1)NN. The molecule has 2 unspecified atom stereocenters. The summed E-state index contributed by atoms with van der Waals surface area (Å²) in [5.74, 6) is 5.16. The van der Waals surface area contributed by atoms with Gasteiger partial charge < -0.3 is 4.74 Å². The Morgan fingerprint density at radius 3 is 2.67 bits per heavy atom. The molecule has 0 saturated heterocycles. The van der Waals surface area contributed by atoms with E-state index in [0.717, 1.165) is 12.0 Å². The second-order valence-corrected chi connectivity index (χ2v) is 4.95. The number of hydrogen-bond donors (Lipinski definition) is 2.